The van der Waals surface area contributed by atoms with Crippen LogP contribution in [-0.4, -0.2) is 50.0 Å². The maximum atomic E-state index is 10.3. The maximum absolute atomic E-state index is 10.3. The molecule has 0 spiro atoms. The van der Waals surface area contributed by atoms with Crippen LogP contribution in [0.5, 0.6) is 0 Å². The van der Waals surface area contributed by atoms with Gasteiger partial charge >= 0.3 is 0 Å². The smallest absolute Gasteiger partial charge is 0.163 e. The van der Waals surface area contributed by atoms with E-state index in [1.165, 1.54) is 16.5 Å². The monoisotopic (exact) mass is 447 g/mol. The first-order valence-electron chi connectivity index (χ1n) is 11.8. The zero-order valence-electron chi connectivity index (χ0n) is 19.5. The molecular formula is C25H33N7O. The van der Waals surface area contributed by atoms with Crippen LogP contribution in [0.25, 0.3) is 16.6 Å². The van der Waals surface area contributed by atoms with Crippen LogP contribution in [-0.2, 0) is 13.6 Å². The summed E-state index contributed by atoms with van der Waals surface area (Å²) >= 11 is 0. The first-order valence-corrected chi connectivity index (χ1v) is 11.8. The van der Waals surface area contributed by atoms with Crippen molar-refractivity contribution in [2.24, 2.45) is 13.0 Å². The molecule has 0 amide bonds. The predicted octanol–water partition coefficient (Wildman–Crippen LogP) is 3.34. The molecule has 1 aliphatic heterocycles. The van der Waals surface area contributed by atoms with Crippen LogP contribution >= 0.6 is 0 Å². The number of para-hydroxylation sites is 1. The highest BCUT2D eigenvalue weighted by atomic mass is 16.3. The number of nitrogens with one attached hydrogen (secondary N) is 3. The van der Waals surface area contributed by atoms with Crippen LogP contribution in [0.2, 0.25) is 0 Å². The first-order chi connectivity index (χ1) is 16.0. The third-order valence-electron chi connectivity index (χ3n) is 6.70. The number of aliphatic hydroxyl groups excluding tert-OH is 1. The lowest BCUT2D eigenvalue weighted by Gasteiger charge is -2.28. The molecule has 2 atom stereocenters. The minimum atomic E-state index is -0.333. The van der Waals surface area contributed by atoms with Crippen LogP contribution in [0.4, 0.5) is 11.6 Å². The second-order valence-electron chi connectivity index (χ2n) is 9.35. The van der Waals surface area contributed by atoms with E-state index in [4.69, 9.17) is 4.98 Å². The van der Waals surface area contributed by atoms with Gasteiger partial charge in [0.15, 0.2) is 5.65 Å². The summed E-state index contributed by atoms with van der Waals surface area (Å²) in [7, 11) is 2.08. The van der Waals surface area contributed by atoms with Crippen molar-refractivity contribution in [1.29, 1.82) is 0 Å². The zero-order valence-corrected chi connectivity index (χ0v) is 19.5. The molecule has 0 aliphatic carbocycles. The standard InChI is InChI=1S/C25H33N7O/c1-16(2)20-13-29-32-24(28-12-18-15-31(3)21-7-5-4-6-19(18)21)10-23(30-25(20)32)27-11-17-8-9-26-14-22(17)33/h4-7,10,13,15-17,22,26,28,33H,8-9,11-12,14H2,1-3H3,(H,27,30)/t17-,22+/m1/s1. The van der Waals surface area contributed by atoms with Gasteiger partial charge in [-0.2, -0.15) is 9.61 Å². The molecule has 8 heteroatoms. The second kappa shape index (κ2) is 9.03. The Kier molecular flexibility index (Phi) is 5.95. The molecule has 1 aliphatic rings. The Hall–Kier alpha value is -3.10. The minimum absolute atomic E-state index is 0.214. The summed E-state index contributed by atoms with van der Waals surface area (Å²) in [4.78, 5) is 4.88. The van der Waals surface area contributed by atoms with Crippen LogP contribution < -0.4 is 16.0 Å². The van der Waals surface area contributed by atoms with Crippen molar-refractivity contribution >= 4 is 28.2 Å². The van der Waals surface area contributed by atoms with Gasteiger partial charge in [-0.05, 0) is 30.5 Å². The number of aromatic nitrogens is 4. The van der Waals surface area contributed by atoms with E-state index in [0.29, 0.717) is 25.6 Å². The van der Waals surface area contributed by atoms with Crippen LogP contribution in [0.3, 0.4) is 0 Å². The summed E-state index contributed by atoms with van der Waals surface area (Å²) in [6.45, 7) is 7.29. The van der Waals surface area contributed by atoms with Crippen molar-refractivity contribution in [2.45, 2.75) is 38.8 Å². The summed E-state index contributed by atoms with van der Waals surface area (Å²) in [6, 6.07) is 10.5. The average Bonchev–Trinajstić information content (AvgIpc) is 3.38. The molecule has 0 radical (unpaired) electrons. The fraction of sp³-hybridized carbons (Fsp3) is 0.440. The number of benzene rings is 1. The minimum Gasteiger partial charge on any atom is -0.391 e. The summed E-state index contributed by atoms with van der Waals surface area (Å²) in [5.41, 5.74) is 4.44. The highest BCUT2D eigenvalue weighted by Gasteiger charge is 2.23. The number of fused-ring (bicyclic) bond motifs is 2. The normalized spacial score (nSPS) is 18.9. The summed E-state index contributed by atoms with van der Waals surface area (Å²) in [5, 5.41) is 26.5. The van der Waals surface area contributed by atoms with E-state index in [2.05, 4.69) is 77.0 Å². The van der Waals surface area contributed by atoms with E-state index in [0.717, 1.165) is 35.8 Å². The fourth-order valence-electron chi connectivity index (χ4n) is 4.73. The van der Waals surface area contributed by atoms with Gasteiger partial charge in [0.2, 0.25) is 0 Å². The van der Waals surface area contributed by atoms with E-state index >= 15 is 0 Å². The second-order valence-corrected chi connectivity index (χ2v) is 9.35. The maximum Gasteiger partial charge on any atom is 0.163 e. The Morgan fingerprint density at radius 1 is 1.24 bits per heavy atom. The van der Waals surface area contributed by atoms with Gasteiger partial charge in [-0.15, -0.1) is 0 Å². The number of β-amino-alcohol motifs (C(OH)–C–C–N with tert-alkyl or cyclic N) is 1. The van der Waals surface area contributed by atoms with Gasteiger partial charge in [0.1, 0.15) is 11.6 Å². The third-order valence-corrected chi connectivity index (χ3v) is 6.70. The van der Waals surface area contributed by atoms with Gasteiger partial charge in [0.05, 0.1) is 12.3 Å². The van der Waals surface area contributed by atoms with Gasteiger partial charge in [0.25, 0.3) is 0 Å². The topological polar surface area (TPSA) is 91.4 Å². The predicted molar refractivity (Wildman–Crippen MR) is 133 cm³/mol. The van der Waals surface area contributed by atoms with Gasteiger partial charge in [0, 0.05) is 61.3 Å². The molecule has 33 heavy (non-hydrogen) atoms. The number of hydrogen-bond donors (Lipinski definition) is 4. The molecular weight excluding hydrogens is 414 g/mol. The average molecular weight is 448 g/mol. The first kappa shape index (κ1) is 21.7. The molecule has 4 aromatic rings. The van der Waals surface area contributed by atoms with Crippen molar-refractivity contribution in [3.05, 3.63) is 53.9 Å². The molecule has 1 saturated heterocycles. The Balaban J connectivity index is 1.43. The number of nitrogens with zero attached hydrogens (tertiary/aromatic N) is 4. The van der Waals surface area contributed by atoms with Gasteiger partial charge < -0.3 is 25.6 Å². The van der Waals surface area contributed by atoms with Crippen molar-refractivity contribution in [3.63, 3.8) is 0 Å². The molecule has 4 heterocycles. The largest absolute Gasteiger partial charge is 0.391 e. The van der Waals surface area contributed by atoms with Crippen LogP contribution in [0, 0.1) is 5.92 Å². The quantitative estimate of drug-likeness (QED) is 0.347. The molecule has 5 rings (SSSR count). The SMILES string of the molecule is CC(C)c1cnn2c(NCc3cn(C)c4ccccc34)cc(NC[C@H]3CCNC[C@@H]3O)nc12. The number of aryl methyl sites for hydroxylation is 1. The van der Waals surface area contributed by atoms with Gasteiger partial charge in [-0.1, -0.05) is 32.0 Å². The number of piperidine rings is 1. The Labute approximate surface area is 194 Å². The molecule has 174 valence electrons. The van der Waals surface area contributed by atoms with Crippen molar-refractivity contribution < 1.29 is 5.11 Å². The molecule has 0 unspecified atom stereocenters. The molecule has 0 bridgehead atoms. The van der Waals surface area contributed by atoms with E-state index in [-0.39, 0.29) is 12.0 Å². The fourth-order valence-corrected chi connectivity index (χ4v) is 4.73. The molecule has 3 aromatic heterocycles. The third kappa shape index (κ3) is 4.28. The highest BCUT2D eigenvalue weighted by molar-refractivity contribution is 5.84. The Morgan fingerprint density at radius 3 is 2.91 bits per heavy atom. The Bertz CT molecular complexity index is 1260. The molecule has 0 saturated carbocycles. The highest BCUT2D eigenvalue weighted by Crippen LogP contribution is 2.26. The zero-order chi connectivity index (χ0) is 22.9. The summed E-state index contributed by atoms with van der Waals surface area (Å²) in [5.74, 6) is 2.23. The Morgan fingerprint density at radius 2 is 2.09 bits per heavy atom. The lowest BCUT2D eigenvalue weighted by molar-refractivity contribution is 0.0883. The van der Waals surface area contributed by atoms with E-state index in [9.17, 15) is 5.11 Å². The number of anilines is 2. The van der Waals surface area contributed by atoms with Gasteiger partial charge in [-0.3, -0.25) is 0 Å². The van der Waals surface area contributed by atoms with E-state index in [1.807, 2.05) is 16.8 Å². The molecule has 1 aromatic carbocycles. The van der Waals surface area contributed by atoms with Crippen molar-refractivity contribution in [1.82, 2.24) is 24.5 Å². The summed E-state index contributed by atoms with van der Waals surface area (Å²) in [6.07, 6.45) is 4.71. The lowest BCUT2D eigenvalue weighted by Crippen LogP contribution is -2.43. The van der Waals surface area contributed by atoms with E-state index in [1.54, 1.807) is 0 Å². The molecule has 8 nitrogen and oxygen atoms in total. The number of aliphatic hydroxyl groups is 1. The molecule has 1 fully saturated rings. The van der Waals surface area contributed by atoms with Crippen molar-refractivity contribution in [3.8, 4) is 0 Å². The lowest BCUT2D eigenvalue weighted by atomic mass is 9.95. The van der Waals surface area contributed by atoms with Crippen molar-refractivity contribution in [2.75, 3.05) is 30.3 Å². The number of rotatable bonds is 7. The van der Waals surface area contributed by atoms with E-state index < -0.39 is 0 Å². The van der Waals surface area contributed by atoms with Gasteiger partial charge in [-0.25, -0.2) is 4.98 Å². The molecule has 4 N–H and O–H groups in total. The summed E-state index contributed by atoms with van der Waals surface area (Å²) < 4.78 is 4.06. The van der Waals surface area contributed by atoms with Crippen LogP contribution in [0.15, 0.2) is 42.7 Å². The number of hydrogen-bond acceptors (Lipinski definition) is 6. The van der Waals surface area contributed by atoms with Crippen LogP contribution in [0.1, 0.15) is 37.3 Å².